The average molecular weight is 348 g/mol. The maximum absolute atomic E-state index is 12.8. The fourth-order valence-corrected chi connectivity index (χ4v) is 2.76. The Labute approximate surface area is 152 Å². The molecular weight excluding hydrogens is 328 g/mol. The number of hydrogen-bond acceptors (Lipinski definition) is 4. The third kappa shape index (κ3) is 3.70. The van der Waals surface area contributed by atoms with Crippen LogP contribution in [0.5, 0.6) is 23.0 Å². The molecule has 0 saturated heterocycles. The minimum Gasteiger partial charge on any atom is -0.508 e. The molecular formula is C22H20O4. The first-order valence-corrected chi connectivity index (χ1v) is 8.51. The standard InChI is InChI=1S/C22H20O4/c1-2-8-16-13-19(24)21(14-18(16)23)26-20-12-7-6-11-17(20)22(25)15-9-4-3-5-10-15/h3-7,9-14,23-24H,2,8H2,1H3. The van der Waals surface area contributed by atoms with Crippen molar-refractivity contribution in [2.75, 3.05) is 0 Å². The van der Waals surface area contributed by atoms with E-state index in [2.05, 4.69) is 0 Å². The number of rotatable bonds is 6. The van der Waals surface area contributed by atoms with Crippen LogP contribution in [0, 0.1) is 0 Å². The highest BCUT2D eigenvalue weighted by molar-refractivity contribution is 6.10. The van der Waals surface area contributed by atoms with Crippen LogP contribution in [0.25, 0.3) is 0 Å². The Morgan fingerprint density at radius 3 is 2.31 bits per heavy atom. The van der Waals surface area contributed by atoms with Crippen LogP contribution < -0.4 is 4.74 Å². The lowest BCUT2D eigenvalue weighted by molar-refractivity contribution is 0.103. The van der Waals surface area contributed by atoms with E-state index in [0.717, 1.165) is 6.42 Å². The van der Waals surface area contributed by atoms with E-state index in [-0.39, 0.29) is 23.0 Å². The molecule has 132 valence electrons. The van der Waals surface area contributed by atoms with Crippen LogP contribution >= 0.6 is 0 Å². The summed E-state index contributed by atoms with van der Waals surface area (Å²) >= 11 is 0. The molecule has 0 atom stereocenters. The van der Waals surface area contributed by atoms with E-state index in [4.69, 9.17) is 4.74 Å². The van der Waals surface area contributed by atoms with Gasteiger partial charge in [0.05, 0.1) is 5.56 Å². The molecule has 0 aromatic heterocycles. The summed E-state index contributed by atoms with van der Waals surface area (Å²) in [5.74, 6) is 0.238. The van der Waals surface area contributed by atoms with Crippen LogP contribution in [0.15, 0.2) is 66.7 Å². The lowest BCUT2D eigenvalue weighted by Gasteiger charge is -2.13. The molecule has 3 rings (SSSR count). The van der Waals surface area contributed by atoms with Gasteiger partial charge in [-0.15, -0.1) is 0 Å². The summed E-state index contributed by atoms with van der Waals surface area (Å²) in [5, 5.41) is 20.4. The van der Waals surface area contributed by atoms with Crippen LogP contribution in [-0.2, 0) is 6.42 Å². The summed E-state index contributed by atoms with van der Waals surface area (Å²) in [6.45, 7) is 1.99. The molecule has 3 aromatic rings. The van der Waals surface area contributed by atoms with Gasteiger partial charge in [-0.1, -0.05) is 55.8 Å². The fraction of sp³-hybridized carbons (Fsp3) is 0.136. The molecule has 0 aliphatic heterocycles. The van der Waals surface area contributed by atoms with Crippen LogP contribution in [0.3, 0.4) is 0 Å². The van der Waals surface area contributed by atoms with Gasteiger partial charge in [0, 0.05) is 11.6 Å². The number of ether oxygens (including phenoxy) is 1. The van der Waals surface area contributed by atoms with Gasteiger partial charge in [-0.3, -0.25) is 4.79 Å². The van der Waals surface area contributed by atoms with E-state index in [1.165, 1.54) is 12.1 Å². The predicted molar refractivity (Wildman–Crippen MR) is 100 cm³/mol. The first-order chi connectivity index (χ1) is 12.6. The predicted octanol–water partition coefficient (Wildman–Crippen LogP) is 5.07. The van der Waals surface area contributed by atoms with Crippen molar-refractivity contribution >= 4 is 5.78 Å². The number of aryl methyl sites for hydroxylation is 1. The Bertz CT molecular complexity index is 917. The highest BCUT2D eigenvalue weighted by atomic mass is 16.5. The highest BCUT2D eigenvalue weighted by Gasteiger charge is 2.17. The molecule has 3 aromatic carbocycles. The average Bonchev–Trinajstić information content (AvgIpc) is 2.66. The van der Waals surface area contributed by atoms with Gasteiger partial charge < -0.3 is 14.9 Å². The summed E-state index contributed by atoms with van der Waals surface area (Å²) in [7, 11) is 0. The number of ketones is 1. The Morgan fingerprint density at radius 1 is 0.885 bits per heavy atom. The minimum absolute atomic E-state index is 0.0616. The van der Waals surface area contributed by atoms with Gasteiger partial charge in [0.1, 0.15) is 11.5 Å². The summed E-state index contributed by atoms with van der Waals surface area (Å²) < 4.78 is 5.77. The van der Waals surface area contributed by atoms with Crippen LogP contribution in [0.4, 0.5) is 0 Å². The lowest BCUT2D eigenvalue weighted by atomic mass is 10.0. The lowest BCUT2D eigenvalue weighted by Crippen LogP contribution is -2.03. The zero-order chi connectivity index (χ0) is 18.5. The highest BCUT2D eigenvalue weighted by Crippen LogP contribution is 2.38. The zero-order valence-corrected chi connectivity index (χ0v) is 14.5. The summed E-state index contributed by atoms with van der Waals surface area (Å²) in [6, 6.07) is 18.6. The number of carbonyl (C=O) groups is 1. The topological polar surface area (TPSA) is 66.8 Å². The first kappa shape index (κ1) is 17.5. The van der Waals surface area contributed by atoms with E-state index in [1.54, 1.807) is 48.5 Å². The van der Waals surface area contributed by atoms with E-state index in [1.807, 2.05) is 13.0 Å². The van der Waals surface area contributed by atoms with Crippen molar-refractivity contribution in [2.24, 2.45) is 0 Å². The minimum atomic E-state index is -0.174. The number of aromatic hydroxyl groups is 2. The zero-order valence-electron chi connectivity index (χ0n) is 14.5. The van der Waals surface area contributed by atoms with Gasteiger partial charge in [0.25, 0.3) is 0 Å². The molecule has 0 fully saturated rings. The Morgan fingerprint density at radius 2 is 1.58 bits per heavy atom. The Hall–Kier alpha value is -3.27. The summed E-state index contributed by atoms with van der Waals surface area (Å²) in [4.78, 5) is 12.8. The van der Waals surface area contributed by atoms with Crippen molar-refractivity contribution in [3.05, 3.63) is 83.4 Å². The number of para-hydroxylation sites is 1. The van der Waals surface area contributed by atoms with Gasteiger partial charge in [0.15, 0.2) is 17.3 Å². The Balaban J connectivity index is 1.95. The smallest absolute Gasteiger partial charge is 0.196 e. The molecule has 4 heteroatoms. The molecule has 26 heavy (non-hydrogen) atoms. The summed E-state index contributed by atoms with van der Waals surface area (Å²) in [5.41, 5.74) is 1.59. The number of benzene rings is 3. The molecule has 0 radical (unpaired) electrons. The molecule has 0 aliphatic rings. The molecule has 0 heterocycles. The van der Waals surface area contributed by atoms with Gasteiger partial charge in [-0.25, -0.2) is 0 Å². The largest absolute Gasteiger partial charge is 0.508 e. The molecule has 2 N–H and O–H groups in total. The normalized spacial score (nSPS) is 10.5. The SMILES string of the molecule is CCCc1cc(O)c(Oc2ccccc2C(=O)c2ccccc2)cc1O. The number of hydrogen-bond donors (Lipinski definition) is 2. The molecule has 0 spiro atoms. The van der Waals surface area contributed by atoms with Crippen molar-refractivity contribution in [1.82, 2.24) is 0 Å². The monoisotopic (exact) mass is 348 g/mol. The van der Waals surface area contributed by atoms with Crippen molar-refractivity contribution in [3.63, 3.8) is 0 Å². The number of phenolic OH excluding ortho intramolecular Hbond substituents is 2. The quantitative estimate of drug-likeness (QED) is 0.482. The maximum Gasteiger partial charge on any atom is 0.196 e. The third-order valence-corrected chi connectivity index (χ3v) is 4.07. The number of carbonyl (C=O) groups excluding carboxylic acids is 1. The molecule has 0 bridgehead atoms. The molecule has 0 aliphatic carbocycles. The van der Waals surface area contributed by atoms with E-state index < -0.39 is 0 Å². The molecule has 0 amide bonds. The second-order valence-corrected chi connectivity index (χ2v) is 5.99. The molecule has 4 nitrogen and oxygen atoms in total. The fourth-order valence-electron chi connectivity index (χ4n) is 2.76. The van der Waals surface area contributed by atoms with Crippen LogP contribution in [-0.4, -0.2) is 16.0 Å². The van der Waals surface area contributed by atoms with Gasteiger partial charge >= 0.3 is 0 Å². The second-order valence-electron chi connectivity index (χ2n) is 5.99. The van der Waals surface area contributed by atoms with Crippen LogP contribution in [0.1, 0.15) is 34.8 Å². The van der Waals surface area contributed by atoms with E-state index in [9.17, 15) is 15.0 Å². The van der Waals surface area contributed by atoms with Gasteiger partial charge in [-0.05, 0) is 30.2 Å². The van der Waals surface area contributed by atoms with Gasteiger partial charge in [0.2, 0.25) is 0 Å². The molecule has 0 saturated carbocycles. The van der Waals surface area contributed by atoms with Crippen molar-refractivity contribution in [3.8, 4) is 23.0 Å². The third-order valence-electron chi connectivity index (χ3n) is 4.07. The van der Waals surface area contributed by atoms with E-state index in [0.29, 0.717) is 28.9 Å². The van der Waals surface area contributed by atoms with Gasteiger partial charge in [-0.2, -0.15) is 0 Å². The summed E-state index contributed by atoms with van der Waals surface area (Å²) in [6.07, 6.45) is 1.50. The van der Waals surface area contributed by atoms with Crippen molar-refractivity contribution in [2.45, 2.75) is 19.8 Å². The maximum atomic E-state index is 12.8. The second kappa shape index (κ2) is 7.74. The number of phenols is 2. The van der Waals surface area contributed by atoms with E-state index >= 15 is 0 Å². The first-order valence-electron chi connectivity index (χ1n) is 8.51. The van der Waals surface area contributed by atoms with Crippen molar-refractivity contribution < 1.29 is 19.7 Å². The van der Waals surface area contributed by atoms with Crippen LogP contribution in [0.2, 0.25) is 0 Å². The Kier molecular flexibility index (Phi) is 5.23. The van der Waals surface area contributed by atoms with Crippen molar-refractivity contribution in [1.29, 1.82) is 0 Å². The molecule has 0 unspecified atom stereocenters.